The van der Waals surface area contributed by atoms with Crippen molar-refractivity contribution in [2.45, 2.75) is 17.1 Å². The Morgan fingerprint density at radius 1 is 1.21 bits per heavy atom. The molecule has 0 amide bonds. The highest BCUT2D eigenvalue weighted by atomic mass is 32.2. The van der Waals surface area contributed by atoms with Crippen LogP contribution in [-0.2, 0) is 11.9 Å². The van der Waals surface area contributed by atoms with Crippen LogP contribution in [-0.4, -0.2) is 32.2 Å². The van der Waals surface area contributed by atoms with Crippen LogP contribution in [0, 0.1) is 10.1 Å². The van der Waals surface area contributed by atoms with E-state index in [0.717, 1.165) is 23.9 Å². The minimum Gasteiger partial charge on any atom is -0.497 e. The highest BCUT2D eigenvalue weighted by Gasteiger charge is 2.32. The summed E-state index contributed by atoms with van der Waals surface area (Å²) in [6.07, 6.45) is -4.68. The molecule has 146 valence electrons. The molecule has 0 aliphatic rings. The maximum Gasteiger partial charge on any atom is 0.416 e. The van der Waals surface area contributed by atoms with Gasteiger partial charge in [0.15, 0.2) is 0 Å². The lowest BCUT2D eigenvalue weighted by atomic mass is 10.1. The predicted molar refractivity (Wildman–Crippen MR) is 93.4 cm³/mol. The Hall–Kier alpha value is -3.15. The molecule has 0 bridgehead atoms. The number of ether oxygens (including phenoxy) is 1. The minimum absolute atomic E-state index is 0.0152. The van der Waals surface area contributed by atoms with Crippen molar-refractivity contribution in [1.82, 2.24) is 20.2 Å². The second-order valence-electron chi connectivity index (χ2n) is 5.50. The molecule has 0 saturated carbocycles. The summed E-state index contributed by atoms with van der Waals surface area (Å²) in [5.41, 5.74) is -0.939. The summed E-state index contributed by atoms with van der Waals surface area (Å²) in [5, 5.41) is 22.6. The van der Waals surface area contributed by atoms with Gasteiger partial charge in [-0.1, -0.05) is 11.8 Å². The third kappa shape index (κ3) is 4.39. The van der Waals surface area contributed by atoms with Crippen LogP contribution in [0.15, 0.2) is 47.6 Å². The highest BCUT2D eigenvalue weighted by Crippen LogP contribution is 2.34. The lowest BCUT2D eigenvalue weighted by Crippen LogP contribution is -2.06. The molecule has 3 aromatic rings. The predicted octanol–water partition coefficient (Wildman–Crippen LogP) is 3.89. The second-order valence-corrected chi connectivity index (χ2v) is 6.45. The van der Waals surface area contributed by atoms with Crippen molar-refractivity contribution in [3.8, 4) is 11.4 Å². The van der Waals surface area contributed by atoms with E-state index in [9.17, 15) is 23.3 Å². The van der Waals surface area contributed by atoms with Gasteiger partial charge in [-0.3, -0.25) is 10.1 Å². The van der Waals surface area contributed by atoms with E-state index in [0.29, 0.717) is 22.7 Å². The number of rotatable bonds is 6. The summed E-state index contributed by atoms with van der Waals surface area (Å²) in [6, 6.07) is 9.34. The third-order valence-corrected chi connectivity index (χ3v) is 4.63. The van der Waals surface area contributed by atoms with E-state index in [1.54, 1.807) is 24.3 Å². The summed E-state index contributed by atoms with van der Waals surface area (Å²) in [7, 11) is 1.53. The molecule has 3 rings (SSSR count). The minimum atomic E-state index is -4.68. The van der Waals surface area contributed by atoms with Crippen LogP contribution in [0.4, 0.5) is 18.9 Å². The smallest absolute Gasteiger partial charge is 0.416 e. The zero-order valence-corrected chi connectivity index (χ0v) is 15.1. The topological polar surface area (TPSA) is 96.0 Å². The second kappa shape index (κ2) is 7.84. The van der Waals surface area contributed by atoms with Gasteiger partial charge in [0.05, 0.1) is 23.3 Å². The number of nitro benzene ring substituents is 1. The monoisotopic (exact) mass is 411 g/mol. The Morgan fingerprint density at radius 3 is 2.54 bits per heavy atom. The number of benzene rings is 2. The molecule has 1 aromatic heterocycles. The Balaban J connectivity index is 1.84. The van der Waals surface area contributed by atoms with Crippen LogP contribution in [0.1, 0.15) is 11.1 Å². The fraction of sp³-hybridized carbons (Fsp3) is 0.188. The molecule has 0 spiro atoms. The van der Waals surface area contributed by atoms with Crippen molar-refractivity contribution in [2.24, 2.45) is 0 Å². The number of aromatic nitrogens is 4. The Kier molecular flexibility index (Phi) is 5.49. The molecular weight excluding hydrogens is 399 g/mol. The first-order chi connectivity index (χ1) is 13.3. The number of halogens is 3. The summed E-state index contributed by atoms with van der Waals surface area (Å²) < 4.78 is 45.5. The van der Waals surface area contributed by atoms with Crippen LogP contribution in [0.3, 0.4) is 0 Å². The fourth-order valence-electron chi connectivity index (χ4n) is 2.33. The average Bonchev–Trinajstić information content (AvgIpc) is 3.14. The number of methoxy groups -OCH3 is 1. The number of thioether (sulfide) groups is 1. The molecule has 0 atom stereocenters. The number of nitrogens with zero attached hydrogens (tertiary/aromatic N) is 5. The Bertz CT molecular complexity index is 992. The first-order valence-corrected chi connectivity index (χ1v) is 8.67. The summed E-state index contributed by atoms with van der Waals surface area (Å²) >= 11 is 1.06. The third-order valence-electron chi connectivity index (χ3n) is 3.64. The fourth-order valence-corrected chi connectivity index (χ4v) is 3.15. The Morgan fingerprint density at radius 2 is 1.93 bits per heavy atom. The first kappa shape index (κ1) is 19.6. The summed E-state index contributed by atoms with van der Waals surface area (Å²) in [4.78, 5) is 10.1. The molecule has 12 heteroatoms. The van der Waals surface area contributed by atoms with Gasteiger partial charge in [-0.05, 0) is 46.3 Å². The molecule has 2 aromatic carbocycles. The number of hydrogen-bond donors (Lipinski definition) is 0. The van der Waals surface area contributed by atoms with Gasteiger partial charge in [-0.2, -0.15) is 17.9 Å². The molecule has 0 fully saturated rings. The molecule has 8 nitrogen and oxygen atoms in total. The van der Waals surface area contributed by atoms with E-state index in [4.69, 9.17) is 4.74 Å². The number of nitro groups is 1. The normalized spacial score (nSPS) is 11.4. The van der Waals surface area contributed by atoms with Gasteiger partial charge < -0.3 is 4.74 Å². The molecule has 1 heterocycles. The molecule has 0 radical (unpaired) electrons. The zero-order valence-electron chi connectivity index (χ0n) is 14.3. The van der Waals surface area contributed by atoms with Crippen LogP contribution in [0.2, 0.25) is 0 Å². The van der Waals surface area contributed by atoms with Gasteiger partial charge in [0.2, 0.25) is 5.16 Å². The summed E-state index contributed by atoms with van der Waals surface area (Å²) in [5.74, 6) is 0.656. The van der Waals surface area contributed by atoms with Crippen molar-refractivity contribution in [2.75, 3.05) is 7.11 Å². The van der Waals surface area contributed by atoms with Crippen molar-refractivity contribution in [3.63, 3.8) is 0 Å². The van der Waals surface area contributed by atoms with E-state index in [-0.39, 0.29) is 11.3 Å². The molecular formula is C16H12F3N5O3S. The van der Waals surface area contributed by atoms with Gasteiger partial charge in [0, 0.05) is 17.9 Å². The standard InChI is InChI=1S/C16H12F3N5O3S/c1-27-14-4-2-12(3-5-14)23-15(20-21-22-23)28-9-10-6-11(16(17,18)19)8-13(7-10)24(25)26/h2-8H,9H2,1H3. The quantitative estimate of drug-likeness (QED) is 0.345. The number of tetrazole rings is 1. The van der Waals surface area contributed by atoms with Crippen molar-refractivity contribution >= 4 is 17.4 Å². The molecule has 0 aliphatic heterocycles. The SMILES string of the molecule is COc1ccc(-n2nnnc2SCc2cc([N+](=O)[O-])cc(C(F)(F)F)c2)cc1. The van der Waals surface area contributed by atoms with E-state index in [1.807, 2.05) is 0 Å². The summed E-state index contributed by atoms with van der Waals surface area (Å²) in [6.45, 7) is 0. The van der Waals surface area contributed by atoms with Gasteiger partial charge in [0.25, 0.3) is 5.69 Å². The number of hydrogen-bond acceptors (Lipinski definition) is 7. The highest BCUT2D eigenvalue weighted by molar-refractivity contribution is 7.98. The van der Waals surface area contributed by atoms with Crippen molar-refractivity contribution in [1.29, 1.82) is 0 Å². The van der Waals surface area contributed by atoms with Crippen LogP contribution >= 0.6 is 11.8 Å². The average molecular weight is 411 g/mol. The number of alkyl halides is 3. The van der Waals surface area contributed by atoms with Gasteiger partial charge in [-0.25, -0.2) is 0 Å². The molecule has 0 unspecified atom stereocenters. The van der Waals surface area contributed by atoms with E-state index >= 15 is 0 Å². The van der Waals surface area contributed by atoms with E-state index in [1.165, 1.54) is 11.8 Å². The lowest BCUT2D eigenvalue weighted by Gasteiger charge is -2.09. The molecule has 0 aliphatic carbocycles. The van der Waals surface area contributed by atoms with Gasteiger partial charge in [0.1, 0.15) is 5.75 Å². The van der Waals surface area contributed by atoms with Crippen LogP contribution in [0.5, 0.6) is 5.75 Å². The maximum atomic E-state index is 13.0. The van der Waals surface area contributed by atoms with Gasteiger partial charge >= 0.3 is 6.18 Å². The molecule has 0 saturated heterocycles. The van der Waals surface area contributed by atoms with Gasteiger partial charge in [-0.15, -0.1) is 5.10 Å². The Labute approximate surface area is 160 Å². The zero-order chi connectivity index (χ0) is 20.3. The lowest BCUT2D eigenvalue weighted by molar-refractivity contribution is -0.385. The van der Waals surface area contributed by atoms with Crippen LogP contribution < -0.4 is 4.74 Å². The van der Waals surface area contributed by atoms with Crippen molar-refractivity contribution < 1.29 is 22.8 Å². The largest absolute Gasteiger partial charge is 0.497 e. The molecule has 0 N–H and O–H groups in total. The maximum absolute atomic E-state index is 13.0. The van der Waals surface area contributed by atoms with E-state index < -0.39 is 22.4 Å². The van der Waals surface area contributed by atoms with E-state index in [2.05, 4.69) is 15.5 Å². The number of non-ortho nitro benzene ring substituents is 1. The van der Waals surface area contributed by atoms with Crippen molar-refractivity contribution in [3.05, 3.63) is 63.7 Å². The molecule has 28 heavy (non-hydrogen) atoms. The first-order valence-electron chi connectivity index (χ1n) is 7.69. The van der Waals surface area contributed by atoms with Crippen LogP contribution in [0.25, 0.3) is 5.69 Å².